The molecule has 0 amide bonds. The van der Waals surface area contributed by atoms with E-state index in [1.165, 1.54) is 5.56 Å². The Morgan fingerprint density at radius 3 is 2.46 bits per heavy atom. The lowest BCUT2D eigenvalue weighted by molar-refractivity contribution is 0.920. The van der Waals surface area contributed by atoms with Gasteiger partial charge in [0.2, 0.25) is 0 Å². The van der Waals surface area contributed by atoms with Crippen LogP contribution in [0.3, 0.4) is 0 Å². The molecule has 0 heterocycles. The SMILES string of the molecule is CC(N)/C=C/Cc1ccccc1.Cl. The Labute approximate surface area is 86.1 Å². The van der Waals surface area contributed by atoms with Gasteiger partial charge >= 0.3 is 0 Å². The molecule has 1 aromatic rings. The highest BCUT2D eigenvalue weighted by Gasteiger charge is 1.86. The summed E-state index contributed by atoms with van der Waals surface area (Å²) < 4.78 is 0. The van der Waals surface area contributed by atoms with Crippen molar-refractivity contribution in [3.05, 3.63) is 48.0 Å². The topological polar surface area (TPSA) is 26.0 Å². The van der Waals surface area contributed by atoms with Crippen LogP contribution >= 0.6 is 12.4 Å². The Kier molecular flexibility index (Phi) is 6.29. The van der Waals surface area contributed by atoms with Gasteiger partial charge in [0.25, 0.3) is 0 Å². The van der Waals surface area contributed by atoms with E-state index in [2.05, 4.69) is 30.3 Å². The zero-order valence-electron chi connectivity index (χ0n) is 7.81. The van der Waals surface area contributed by atoms with Crippen molar-refractivity contribution in [2.75, 3.05) is 0 Å². The van der Waals surface area contributed by atoms with Crippen molar-refractivity contribution in [2.24, 2.45) is 5.73 Å². The summed E-state index contributed by atoms with van der Waals surface area (Å²) in [6.45, 7) is 1.97. The fourth-order valence-corrected chi connectivity index (χ4v) is 1.03. The molecule has 0 radical (unpaired) electrons. The van der Waals surface area contributed by atoms with Gasteiger partial charge in [0.05, 0.1) is 0 Å². The maximum Gasteiger partial charge on any atom is 0.0194 e. The van der Waals surface area contributed by atoms with E-state index in [-0.39, 0.29) is 18.4 Å². The fraction of sp³-hybridized carbons (Fsp3) is 0.273. The van der Waals surface area contributed by atoms with Crippen molar-refractivity contribution in [3.63, 3.8) is 0 Å². The Balaban J connectivity index is 0.00000144. The second-order valence-corrected chi connectivity index (χ2v) is 2.98. The van der Waals surface area contributed by atoms with E-state index in [0.717, 1.165) is 6.42 Å². The number of halogens is 1. The average molecular weight is 198 g/mol. The molecule has 1 aromatic carbocycles. The van der Waals surface area contributed by atoms with Crippen molar-refractivity contribution >= 4 is 12.4 Å². The van der Waals surface area contributed by atoms with Crippen molar-refractivity contribution in [1.29, 1.82) is 0 Å². The van der Waals surface area contributed by atoms with Crippen molar-refractivity contribution < 1.29 is 0 Å². The van der Waals surface area contributed by atoms with Gasteiger partial charge in [0.15, 0.2) is 0 Å². The van der Waals surface area contributed by atoms with E-state index in [1.807, 2.05) is 19.1 Å². The number of rotatable bonds is 3. The largest absolute Gasteiger partial charge is 0.325 e. The number of allylic oxidation sites excluding steroid dienone is 1. The molecular formula is C11H16ClN. The smallest absolute Gasteiger partial charge is 0.0194 e. The molecule has 0 aliphatic heterocycles. The molecule has 0 fully saturated rings. The minimum Gasteiger partial charge on any atom is -0.325 e. The summed E-state index contributed by atoms with van der Waals surface area (Å²) in [5.41, 5.74) is 6.90. The van der Waals surface area contributed by atoms with Gasteiger partial charge in [-0.3, -0.25) is 0 Å². The molecule has 0 aliphatic carbocycles. The van der Waals surface area contributed by atoms with Crippen LogP contribution in [-0.4, -0.2) is 6.04 Å². The normalized spacial score (nSPS) is 12.5. The number of hydrogen-bond donors (Lipinski definition) is 1. The second-order valence-electron chi connectivity index (χ2n) is 2.98. The first-order chi connectivity index (χ1) is 5.79. The van der Waals surface area contributed by atoms with Gasteiger partial charge in [-0.1, -0.05) is 42.5 Å². The Bertz CT molecular complexity index is 242. The van der Waals surface area contributed by atoms with Crippen LogP contribution in [0.2, 0.25) is 0 Å². The standard InChI is InChI=1S/C11H15N.ClH/c1-10(12)6-5-9-11-7-3-2-4-8-11;/h2-8,10H,9,12H2,1H3;1H/b6-5+;. The highest BCUT2D eigenvalue weighted by atomic mass is 35.5. The van der Waals surface area contributed by atoms with E-state index in [0.29, 0.717) is 0 Å². The maximum absolute atomic E-state index is 5.57. The number of hydrogen-bond acceptors (Lipinski definition) is 1. The summed E-state index contributed by atoms with van der Waals surface area (Å²) in [5.74, 6) is 0. The summed E-state index contributed by atoms with van der Waals surface area (Å²) in [6.07, 6.45) is 5.11. The Hall–Kier alpha value is -0.790. The molecule has 72 valence electrons. The second kappa shape index (κ2) is 6.70. The van der Waals surface area contributed by atoms with Crippen LogP contribution in [0, 0.1) is 0 Å². The zero-order valence-corrected chi connectivity index (χ0v) is 8.63. The number of benzene rings is 1. The predicted molar refractivity (Wildman–Crippen MR) is 60.2 cm³/mol. The third kappa shape index (κ3) is 5.45. The molecule has 0 bridgehead atoms. The lowest BCUT2D eigenvalue weighted by Gasteiger charge is -1.96. The van der Waals surface area contributed by atoms with Gasteiger partial charge in [0.1, 0.15) is 0 Å². The van der Waals surface area contributed by atoms with Crippen molar-refractivity contribution in [3.8, 4) is 0 Å². The molecule has 1 atom stereocenters. The molecule has 1 unspecified atom stereocenters. The molecule has 0 spiro atoms. The molecule has 0 aromatic heterocycles. The van der Waals surface area contributed by atoms with Crippen LogP contribution in [0.4, 0.5) is 0 Å². The first-order valence-corrected chi connectivity index (χ1v) is 4.25. The molecular weight excluding hydrogens is 182 g/mol. The lowest BCUT2D eigenvalue weighted by Crippen LogP contribution is -2.10. The maximum atomic E-state index is 5.57. The van der Waals surface area contributed by atoms with Gasteiger partial charge in [-0.15, -0.1) is 12.4 Å². The molecule has 13 heavy (non-hydrogen) atoms. The van der Waals surface area contributed by atoms with E-state index in [1.54, 1.807) is 0 Å². The summed E-state index contributed by atoms with van der Waals surface area (Å²) in [5, 5.41) is 0. The first kappa shape index (κ1) is 12.2. The van der Waals surface area contributed by atoms with Crippen molar-refractivity contribution in [1.82, 2.24) is 0 Å². The minimum absolute atomic E-state index is 0. The average Bonchev–Trinajstić information content (AvgIpc) is 2.05. The van der Waals surface area contributed by atoms with Crippen LogP contribution in [0.1, 0.15) is 12.5 Å². The van der Waals surface area contributed by atoms with E-state index < -0.39 is 0 Å². The fourth-order valence-electron chi connectivity index (χ4n) is 1.03. The van der Waals surface area contributed by atoms with E-state index in [4.69, 9.17) is 5.73 Å². The van der Waals surface area contributed by atoms with E-state index in [9.17, 15) is 0 Å². The molecule has 2 heteroatoms. The third-order valence-corrected chi connectivity index (χ3v) is 1.64. The summed E-state index contributed by atoms with van der Waals surface area (Å²) >= 11 is 0. The van der Waals surface area contributed by atoms with Crippen LogP contribution in [0.5, 0.6) is 0 Å². The van der Waals surface area contributed by atoms with Crippen molar-refractivity contribution in [2.45, 2.75) is 19.4 Å². The van der Waals surface area contributed by atoms with Crippen LogP contribution in [0.15, 0.2) is 42.5 Å². The van der Waals surface area contributed by atoms with Gasteiger partial charge in [-0.2, -0.15) is 0 Å². The molecule has 1 nitrogen and oxygen atoms in total. The van der Waals surface area contributed by atoms with Crippen LogP contribution in [0.25, 0.3) is 0 Å². The Morgan fingerprint density at radius 2 is 1.92 bits per heavy atom. The summed E-state index contributed by atoms with van der Waals surface area (Å²) in [4.78, 5) is 0. The summed E-state index contributed by atoms with van der Waals surface area (Å²) in [7, 11) is 0. The molecule has 0 saturated carbocycles. The molecule has 0 saturated heterocycles. The van der Waals surface area contributed by atoms with Gasteiger partial charge in [0, 0.05) is 6.04 Å². The molecule has 2 N–H and O–H groups in total. The molecule has 1 rings (SSSR count). The monoisotopic (exact) mass is 197 g/mol. The predicted octanol–water partition coefficient (Wildman–Crippen LogP) is 2.55. The van der Waals surface area contributed by atoms with Gasteiger partial charge in [-0.25, -0.2) is 0 Å². The van der Waals surface area contributed by atoms with Gasteiger partial charge < -0.3 is 5.73 Å². The number of nitrogens with two attached hydrogens (primary N) is 1. The van der Waals surface area contributed by atoms with Crippen LogP contribution in [-0.2, 0) is 6.42 Å². The highest BCUT2D eigenvalue weighted by Crippen LogP contribution is 1.99. The lowest BCUT2D eigenvalue weighted by atomic mass is 10.1. The highest BCUT2D eigenvalue weighted by molar-refractivity contribution is 5.85. The van der Waals surface area contributed by atoms with Gasteiger partial charge in [-0.05, 0) is 18.9 Å². The van der Waals surface area contributed by atoms with Crippen LogP contribution < -0.4 is 5.73 Å². The Morgan fingerprint density at radius 1 is 1.31 bits per heavy atom. The zero-order chi connectivity index (χ0) is 8.81. The quantitative estimate of drug-likeness (QED) is 0.741. The third-order valence-electron chi connectivity index (χ3n) is 1.64. The van der Waals surface area contributed by atoms with E-state index >= 15 is 0 Å². The minimum atomic E-state index is 0. The first-order valence-electron chi connectivity index (χ1n) is 4.25. The molecule has 0 aliphatic rings. The summed E-state index contributed by atoms with van der Waals surface area (Å²) in [6, 6.07) is 10.5.